The molecule has 1 saturated heterocycles. The highest BCUT2D eigenvalue weighted by Crippen LogP contribution is 2.22. The maximum Gasteiger partial charge on any atom is 0.321 e. The highest BCUT2D eigenvalue weighted by Gasteiger charge is 2.32. The number of nitrogens with zero attached hydrogens (tertiary/aromatic N) is 1. The van der Waals surface area contributed by atoms with E-state index in [9.17, 15) is 14.4 Å². The van der Waals surface area contributed by atoms with E-state index in [4.69, 9.17) is 0 Å². The van der Waals surface area contributed by atoms with E-state index in [1.165, 1.54) is 19.3 Å². The van der Waals surface area contributed by atoms with Gasteiger partial charge in [0, 0.05) is 18.6 Å². The maximum atomic E-state index is 12.6. The summed E-state index contributed by atoms with van der Waals surface area (Å²) in [5, 5.41) is 8.40. The fourth-order valence-corrected chi connectivity index (χ4v) is 3.97. The van der Waals surface area contributed by atoms with Gasteiger partial charge < -0.3 is 10.6 Å². The Morgan fingerprint density at radius 2 is 1.58 bits per heavy atom. The molecule has 7 heteroatoms. The van der Waals surface area contributed by atoms with Crippen LogP contribution in [0.15, 0.2) is 0 Å². The monoisotopic (exact) mass is 364 g/mol. The topological polar surface area (TPSA) is 90.5 Å². The van der Waals surface area contributed by atoms with E-state index >= 15 is 0 Å². The Bertz CT molecular complexity index is 529. The first kappa shape index (κ1) is 19.1. The maximum absolute atomic E-state index is 12.6. The zero-order valence-corrected chi connectivity index (χ0v) is 15.8. The second-order valence-electron chi connectivity index (χ2n) is 8.09. The first-order valence-electron chi connectivity index (χ1n) is 10.2. The predicted molar refractivity (Wildman–Crippen MR) is 98.5 cm³/mol. The van der Waals surface area contributed by atoms with Gasteiger partial charge in [-0.3, -0.25) is 19.8 Å². The molecule has 2 saturated carbocycles. The van der Waals surface area contributed by atoms with E-state index in [2.05, 4.69) is 16.0 Å². The summed E-state index contributed by atoms with van der Waals surface area (Å²) in [6.45, 7) is 3.17. The van der Waals surface area contributed by atoms with Gasteiger partial charge in [0.25, 0.3) is 0 Å². The van der Waals surface area contributed by atoms with Gasteiger partial charge in [0.2, 0.25) is 11.8 Å². The summed E-state index contributed by atoms with van der Waals surface area (Å²) >= 11 is 0. The molecule has 0 aromatic heterocycles. The van der Waals surface area contributed by atoms with E-state index in [0.29, 0.717) is 12.6 Å². The molecule has 4 amide bonds. The number of rotatable bonds is 5. The van der Waals surface area contributed by atoms with Crippen LogP contribution in [-0.2, 0) is 9.59 Å². The Kier molecular flexibility index (Phi) is 6.51. The standard InChI is InChI=1S/C19H32N4O3/c1-13(17(24)22-19(26)21-16-9-10-16)23-11-5-6-14(12-23)18(25)20-15-7-3-2-4-8-15/h13-16H,2-12H2,1H3,(H,20,25)(H2,21,22,24,26). The average molecular weight is 364 g/mol. The molecule has 3 rings (SSSR count). The molecule has 26 heavy (non-hydrogen) atoms. The van der Waals surface area contributed by atoms with Gasteiger partial charge in [-0.25, -0.2) is 4.79 Å². The van der Waals surface area contributed by atoms with Gasteiger partial charge in [-0.15, -0.1) is 0 Å². The summed E-state index contributed by atoms with van der Waals surface area (Å²) < 4.78 is 0. The van der Waals surface area contributed by atoms with Crippen LogP contribution in [0.25, 0.3) is 0 Å². The van der Waals surface area contributed by atoms with Crippen molar-refractivity contribution in [1.82, 2.24) is 20.9 Å². The van der Waals surface area contributed by atoms with Gasteiger partial charge in [0.15, 0.2) is 0 Å². The number of imide groups is 1. The Hall–Kier alpha value is -1.63. The first-order chi connectivity index (χ1) is 12.5. The number of amides is 4. The van der Waals surface area contributed by atoms with Crippen LogP contribution in [0.2, 0.25) is 0 Å². The third-order valence-electron chi connectivity index (χ3n) is 5.85. The van der Waals surface area contributed by atoms with Crippen molar-refractivity contribution in [3.05, 3.63) is 0 Å². The molecule has 146 valence electrons. The third-order valence-corrected chi connectivity index (χ3v) is 5.85. The van der Waals surface area contributed by atoms with Crippen LogP contribution in [0.1, 0.15) is 64.7 Å². The van der Waals surface area contributed by atoms with E-state index < -0.39 is 12.1 Å². The second-order valence-corrected chi connectivity index (χ2v) is 8.09. The van der Waals surface area contributed by atoms with Crippen LogP contribution >= 0.6 is 0 Å². The number of nitrogens with one attached hydrogen (secondary N) is 3. The number of piperidine rings is 1. The van der Waals surface area contributed by atoms with Crippen molar-refractivity contribution in [3.63, 3.8) is 0 Å². The van der Waals surface area contributed by atoms with Gasteiger partial charge in [-0.2, -0.15) is 0 Å². The predicted octanol–water partition coefficient (Wildman–Crippen LogP) is 1.52. The summed E-state index contributed by atoms with van der Waals surface area (Å²) in [4.78, 5) is 38.7. The molecule has 3 N–H and O–H groups in total. The highest BCUT2D eigenvalue weighted by atomic mass is 16.2. The van der Waals surface area contributed by atoms with Gasteiger partial charge in [-0.05, 0) is 52.0 Å². The lowest BCUT2D eigenvalue weighted by molar-refractivity contribution is -0.131. The number of hydrogen-bond donors (Lipinski definition) is 3. The second kappa shape index (κ2) is 8.84. The van der Waals surface area contributed by atoms with Gasteiger partial charge in [0.05, 0.1) is 12.0 Å². The van der Waals surface area contributed by atoms with Crippen molar-refractivity contribution in [2.24, 2.45) is 5.92 Å². The minimum Gasteiger partial charge on any atom is -0.353 e. The Balaban J connectivity index is 1.45. The SMILES string of the molecule is CC(C(=O)NC(=O)NC1CC1)N1CCCC(C(=O)NC2CCCCC2)C1. The third kappa shape index (κ3) is 5.43. The molecule has 3 fully saturated rings. The molecule has 0 aromatic rings. The number of urea groups is 1. The Morgan fingerprint density at radius 1 is 0.885 bits per heavy atom. The van der Waals surface area contributed by atoms with Crippen LogP contribution in [0.3, 0.4) is 0 Å². The molecule has 0 spiro atoms. The van der Waals surface area contributed by atoms with Crippen LogP contribution in [0, 0.1) is 5.92 Å². The lowest BCUT2D eigenvalue weighted by Crippen LogP contribution is -2.54. The molecule has 1 heterocycles. The lowest BCUT2D eigenvalue weighted by atomic mass is 9.92. The molecule has 3 aliphatic rings. The summed E-state index contributed by atoms with van der Waals surface area (Å²) in [5.74, 6) is -0.238. The fourth-order valence-electron chi connectivity index (χ4n) is 3.97. The van der Waals surface area contributed by atoms with Crippen LogP contribution in [0.4, 0.5) is 4.79 Å². The van der Waals surface area contributed by atoms with Crippen molar-refractivity contribution in [3.8, 4) is 0 Å². The quantitative estimate of drug-likeness (QED) is 0.690. The van der Waals surface area contributed by atoms with Gasteiger partial charge in [-0.1, -0.05) is 19.3 Å². The molecular weight excluding hydrogens is 332 g/mol. The van der Waals surface area contributed by atoms with Crippen molar-refractivity contribution >= 4 is 17.8 Å². The van der Waals surface area contributed by atoms with Gasteiger partial charge in [0.1, 0.15) is 0 Å². The molecular formula is C19H32N4O3. The molecule has 0 radical (unpaired) electrons. The molecule has 2 atom stereocenters. The Morgan fingerprint density at radius 3 is 2.27 bits per heavy atom. The van der Waals surface area contributed by atoms with Gasteiger partial charge >= 0.3 is 6.03 Å². The minimum atomic E-state index is -0.412. The van der Waals surface area contributed by atoms with Crippen molar-refractivity contribution in [2.75, 3.05) is 13.1 Å². The number of likely N-dealkylation sites (tertiary alicyclic amines) is 1. The Labute approximate surface area is 155 Å². The summed E-state index contributed by atoms with van der Waals surface area (Å²) in [5.41, 5.74) is 0. The fraction of sp³-hybridized carbons (Fsp3) is 0.842. The molecule has 1 aliphatic heterocycles. The highest BCUT2D eigenvalue weighted by molar-refractivity contribution is 5.97. The summed E-state index contributed by atoms with van der Waals surface area (Å²) in [6.07, 6.45) is 9.56. The van der Waals surface area contributed by atoms with Crippen molar-refractivity contribution in [2.45, 2.75) is 82.8 Å². The summed E-state index contributed by atoms with van der Waals surface area (Å²) in [7, 11) is 0. The van der Waals surface area contributed by atoms with Crippen molar-refractivity contribution in [1.29, 1.82) is 0 Å². The molecule has 0 aromatic carbocycles. The van der Waals surface area contributed by atoms with E-state index in [1.807, 2.05) is 4.90 Å². The molecule has 7 nitrogen and oxygen atoms in total. The average Bonchev–Trinajstić information content (AvgIpc) is 3.45. The van der Waals surface area contributed by atoms with Crippen molar-refractivity contribution < 1.29 is 14.4 Å². The van der Waals surface area contributed by atoms with Crippen LogP contribution in [-0.4, -0.2) is 54.0 Å². The largest absolute Gasteiger partial charge is 0.353 e. The molecule has 2 unspecified atom stereocenters. The van der Waals surface area contributed by atoms with Crippen LogP contribution in [0.5, 0.6) is 0 Å². The number of hydrogen-bond acceptors (Lipinski definition) is 4. The number of carbonyl (C=O) groups excluding carboxylic acids is 3. The zero-order chi connectivity index (χ0) is 18.5. The first-order valence-corrected chi connectivity index (χ1v) is 10.2. The smallest absolute Gasteiger partial charge is 0.321 e. The molecule has 2 aliphatic carbocycles. The van der Waals surface area contributed by atoms with E-state index in [0.717, 1.165) is 45.1 Å². The normalized spacial score (nSPS) is 26.0. The minimum absolute atomic E-state index is 0.0683. The molecule has 0 bridgehead atoms. The lowest BCUT2D eigenvalue weighted by Gasteiger charge is -2.36. The number of carbonyl (C=O) groups is 3. The van der Waals surface area contributed by atoms with Crippen LogP contribution < -0.4 is 16.0 Å². The van der Waals surface area contributed by atoms with E-state index in [1.54, 1.807) is 6.92 Å². The zero-order valence-electron chi connectivity index (χ0n) is 15.8. The summed E-state index contributed by atoms with van der Waals surface area (Å²) in [6, 6.07) is -0.280. The van der Waals surface area contributed by atoms with E-state index in [-0.39, 0.29) is 23.8 Å².